The van der Waals surface area contributed by atoms with Gasteiger partial charge in [0.15, 0.2) is 5.69 Å². The van der Waals surface area contributed by atoms with Crippen molar-refractivity contribution in [3.05, 3.63) is 11.9 Å². The first-order chi connectivity index (χ1) is 11.5. The molecular formula is C18H31N5O. The van der Waals surface area contributed by atoms with Gasteiger partial charge in [-0.15, -0.1) is 5.10 Å². The second kappa shape index (κ2) is 7.64. The van der Waals surface area contributed by atoms with Crippen molar-refractivity contribution in [1.82, 2.24) is 25.6 Å². The number of rotatable bonds is 4. The fourth-order valence-electron chi connectivity index (χ4n) is 4.24. The Bertz CT molecular complexity index is 549. The molecule has 0 spiro atoms. The number of aromatic nitrogens is 3. The molecule has 0 aromatic carbocycles. The lowest BCUT2D eigenvalue weighted by Gasteiger charge is -2.37. The van der Waals surface area contributed by atoms with Crippen molar-refractivity contribution in [3.63, 3.8) is 0 Å². The summed E-state index contributed by atoms with van der Waals surface area (Å²) in [4.78, 5) is 12.6. The van der Waals surface area contributed by atoms with Crippen LogP contribution in [0.25, 0.3) is 0 Å². The predicted molar refractivity (Wildman–Crippen MR) is 93.8 cm³/mol. The molecule has 6 nitrogen and oxygen atoms in total. The van der Waals surface area contributed by atoms with Crippen LogP contribution >= 0.6 is 0 Å². The van der Waals surface area contributed by atoms with Gasteiger partial charge in [-0.3, -0.25) is 4.79 Å². The molecule has 0 radical (unpaired) electrons. The molecule has 1 aliphatic heterocycles. The molecule has 2 aliphatic rings. The lowest BCUT2D eigenvalue weighted by atomic mass is 9.74. The Hall–Kier alpha value is -1.43. The van der Waals surface area contributed by atoms with Crippen molar-refractivity contribution < 1.29 is 4.79 Å². The highest BCUT2D eigenvalue weighted by Crippen LogP contribution is 2.33. The van der Waals surface area contributed by atoms with Crippen LogP contribution in [-0.4, -0.2) is 40.0 Å². The molecule has 0 bridgehead atoms. The van der Waals surface area contributed by atoms with E-state index in [2.05, 4.69) is 41.7 Å². The molecule has 1 aliphatic carbocycles. The third kappa shape index (κ3) is 3.97. The van der Waals surface area contributed by atoms with Gasteiger partial charge in [-0.25, -0.2) is 4.68 Å². The van der Waals surface area contributed by atoms with Crippen LogP contribution in [0.3, 0.4) is 0 Å². The summed E-state index contributed by atoms with van der Waals surface area (Å²) in [6, 6.07) is 0.615. The average molecular weight is 333 g/mol. The van der Waals surface area contributed by atoms with Crippen LogP contribution in [0, 0.1) is 17.8 Å². The third-order valence-electron chi connectivity index (χ3n) is 5.76. The minimum absolute atomic E-state index is 0.0695. The molecule has 1 saturated carbocycles. The van der Waals surface area contributed by atoms with E-state index in [1.165, 1.54) is 12.8 Å². The van der Waals surface area contributed by atoms with Gasteiger partial charge in [0, 0.05) is 6.04 Å². The van der Waals surface area contributed by atoms with Crippen molar-refractivity contribution >= 4 is 5.91 Å². The van der Waals surface area contributed by atoms with Crippen molar-refractivity contribution in [2.45, 2.75) is 65.0 Å². The highest BCUT2D eigenvalue weighted by Gasteiger charge is 2.32. The zero-order valence-corrected chi connectivity index (χ0v) is 15.2. The van der Waals surface area contributed by atoms with E-state index >= 15 is 0 Å². The number of nitrogens with zero attached hydrogens (tertiary/aromatic N) is 3. The molecule has 1 amide bonds. The van der Waals surface area contributed by atoms with Gasteiger partial charge >= 0.3 is 0 Å². The second-order valence-corrected chi connectivity index (χ2v) is 7.97. The highest BCUT2D eigenvalue weighted by molar-refractivity contribution is 5.92. The summed E-state index contributed by atoms with van der Waals surface area (Å²) >= 11 is 0. The number of amides is 1. The number of hydrogen-bond acceptors (Lipinski definition) is 4. The Balaban J connectivity index is 1.64. The van der Waals surface area contributed by atoms with Crippen LogP contribution in [0.4, 0.5) is 0 Å². The standard InChI is InChI=1S/C18H31N5O/c1-12(2)15-5-4-13(3)10-16(15)20-18(24)17-11-23(22-21-17)14-6-8-19-9-7-14/h11-16,19H,4-10H2,1-3H3,(H,20,24). The first kappa shape index (κ1) is 17.4. The van der Waals surface area contributed by atoms with Crippen LogP contribution in [-0.2, 0) is 0 Å². The van der Waals surface area contributed by atoms with E-state index in [-0.39, 0.29) is 11.9 Å². The number of nitrogens with one attached hydrogen (secondary N) is 2. The topological polar surface area (TPSA) is 71.8 Å². The molecular weight excluding hydrogens is 302 g/mol. The van der Waals surface area contributed by atoms with Gasteiger partial charge in [0.05, 0.1) is 12.2 Å². The minimum atomic E-state index is -0.0695. The predicted octanol–water partition coefficient (Wildman–Crippen LogP) is 2.39. The smallest absolute Gasteiger partial charge is 0.273 e. The fourth-order valence-corrected chi connectivity index (χ4v) is 4.24. The first-order valence-corrected chi connectivity index (χ1v) is 9.48. The van der Waals surface area contributed by atoms with Crippen LogP contribution in [0.5, 0.6) is 0 Å². The molecule has 2 fully saturated rings. The Morgan fingerprint density at radius 3 is 2.75 bits per heavy atom. The van der Waals surface area contributed by atoms with E-state index in [4.69, 9.17) is 0 Å². The van der Waals surface area contributed by atoms with Crippen LogP contribution in [0.1, 0.15) is 69.4 Å². The average Bonchev–Trinajstić information content (AvgIpc) is 3.05. The number of hydrogen-bond donors (Lipinski definition) is 2. The summed E-state index contributed by atoms with van der Waals surface area (Å²) in [6.45, 7) is 8.80. The van der Waals surface area contributed by atoms with E-state index in [1.807, 2.05) is 10.9 Å². The van der Waals surface area contributed by atoms with Gasteiger partial charge in [-0.05, 0) is 56.5 Å². The number of carbonyl (C=O) groups excluding carboxylic acids is 1. The lowest BCUT2D eigenvalue weighted by Crippen LogP contribution is -2.45. The SMILES string of the molecule is CC1CCC(C(C)C)C(NC(=O)c2cn(C3CCNCC3)nn2)C1. The second-order valence-electron chi connectivity index (χ2n) is 7.97. The molecule has 134 valence electrons. The Kier molecular flexibility index (Phi) is 5.54. The van der Waals surface area contributed by atoms with Gasteiger partial charge in [0.1, 0.15) is 0 Å². The fraction of sp³-hybridized carbons (Fsp3) is 0.833. The monoisotopic (exact) mass is 333 g/mol. The summed E-state index contributed by atoms with van der Waals surface area (Å²) in [7, 11) is 0. The highest BCUT2D eigenvalue weighted by atomic mass is 16.2. The zero-order chi connectivity index (χ0) is 17.1. The van der Waals surface area contributed by atoms with E-state index in [1.54, 1.807) is 0 Å². The number of carbonyl (C=O) groups is 1. The maximum Gasteiger partial charge on any atom is 0.273 e. The van der Waals surface area contributed by atoms with Gasteiger partial charge in [0.2, 0.25) is 0 Å². The Labute approximate surface area is 144 Å². The maximum absolute atomic E-state index is 12.6. The molecule has 1 aromatic rings. The molecule has 3 unspecified atom stereocenters. The first-order valence-electron chi connectivity index (χ1n) is 9.48. The molecule has 3 atom stereocenters. The number of piperidine rings is 1. The molecule has 6 heteroatoms. The molecule has 1 aromatic heterocycles. The Morgan fingerprint density at radius 1 is 1.29 bits per heavy atom. The van der Waals surface area contributed by atoms with Crippen molar-refractivity contribution in [1.29, 1.82) is 0 Å². The van der Waals surface area contributed by atoms with E-state index < -0.39 is 0 Å². The van der Waals surface area contributed by atoms with Crippen LogP contribution in [0.15, 0.2) is 6.20 Å². The normalized spacial score (nSPS) is 28.9. The molecule has 2 heterocycles. The lowest BCUT2D eigenvalue weighted by molar-refractivity contribution is 0.0862. The Morgan fingerprint density at radius 2 is 2.04 bits per heavy atom. The van der Waals surface area contributed by atoms with E-state index in [0.29, 0.717) is 29.5 Å². The largest absolute Gasteiger partial charge is 0.348 e. The van der Waals surface area contributed by atoms with Crippen molar-refractivity contribution in [2.75, 3.05) is 13.1 Å². The van der Waals surface area contributed by atoms with Crippen molar-refractivity contribution in [3.8, 4) is 0 Å². The zero-order valence-electron chi connectivity index (χ0n) is 15.2. The van der Waals surface area contributed by atoms with E-state index in [0.717, 1.165) is 32.4 Å². The summed E-state index contributed by atoms with van der Waals surface area (Å²) in [6.07, 6.45) is 7.44. The summed E-state index contributed by atoms with van der Waals surface area (Å²) in [5.74, 6) is 1.76. The molecule has 24 heavy (non-hydrogen) atoms. The van der Waals surface area contributed by atoms with Gasteiger partial charge in [-0.2, -0.15) is 0 Å². The van der Waals surface area contributed by atoms with Gasteiger partial charge in [0.25, 0.3) is 5.91 Å². The van der Waals surface area contributed by atoms with Crippen molar-refractivity contribution in [2.24, 2.45) is 17.8 Å². The van der Waals surface area contributed by atoms with Crippen LogP contribution < -0.4 is 10.6 Å². The molecule has 2 N–H and O–H groups in total. The van der Waals surface area contributed by atoms with Gasteiger partial charge < -0.3 is 10.6 Å². The minimum Gasteiger partial charge on any atom is -0.348 e. The maximum atomic E-state index is 12.6. The quantitative estimate of drug-likeness (QED) is 0.887. The summed E-state index contributed by atoms with van der Waals surface area (Å²) in [5, 5.41) is 14.9. The summed E-state index contributed by atoms with van der Waals surface area (Å²) in [5.41, 5.74) is 0.453. The third-order valence-corrected chi connectivity index (χ3v) is 5.76. The summed E-state index contributed by atoms with van der Waals surface area (Å²) < 4.78 is 1.87. The molecule has 3 rings (SSSR count). The van der Waals surface area contributed by atoms with Crippen LogP contribution in [0.2, 0.25) is 0 Å². The molecule has 1 saturated heterocycles. The van der Waals surface area contributed by atoms with E-state index in [9.17, 15) is 4.79 Å². The van der Waals surface area contributed by atoms with Gasteiger partial charge in [-0.1, -0.05) is 32.4 Å².